The maximum atomic E-state index is 3.67. The predicted molar refractivity (Wildman–Crippen MR) is 81.7 cm³/mol. The van der Waals surface area contributed by atoms with Gasteiger partial charge in [-0.2, -0.15) is 0 Å². The van der Waals surface area contributed by atoms with E-state index in [1.165, 1.54) is 56.3 Å². The highest BCUT2D eigenvalue weighted by molar-refractivity contribution is 5.52. The van der Waals surface area contributed by atoms with Gasteiger partial charge in [-0.05, 0) is 50.8 Å². The van der Waals surface area contributed by atoms with Crippen molar-refractivity contribution >= 4 is 5.69 Å². The van der Waals surface area contributed by atoms with Crippen LogP contribution in [0.2, 0.25) is 0 Å². The quantitative estimate of drug-likeness (QED) is 0.826. The molecular formula is C17H26N2. The summed E-state index contributed by atoms with van der Waals surface area (Å²) in [6, 6.07) is 10.3. The van der Waals surface area contributed by atoms with Crippen LogP contribution in [-0.4, -0.2) is 30.1 Å². The van der Waals surface area contributed by atoms with E-state index in [0.717, 1.165) is 12.6 Å². The van der Waals surface area contributed by atoms with Gasteiger partial charge in [-0.25, -0.2) is 0 Å². The molecule has 2 aliphatic heterocycles. The van der Waals surface area contributed by atoms with Gasteiger partial charge in [0.05, 0.1) is 0 Å². The molecular weight excluding hydrogens is 232 g/mol. The standard InChI is InChI=1S/C17H26N2/c1-14-7-3-2-6-12-19(14)16-11-10-15-8-4-5-9-17(15)18-13-16/h4-5,8-9,14,16,18H,2-3,6-7,10-13H2,1H3. The summed E-state index contributed by atoms with van der Waals surface area (Å²) in [5.74, 6) is 0. The fourth-order valence-electron chi connectivity index (χ4n) is 3.69. The molecule has 2 aliphatic rings. The number of likely N-dealkylation sites (tertiary alicyclic amines) is 1. The van der Waals surface area contributed by atoms with Gasteiger partial charge in [0.2, 0.25) is 0 Å². The Bertz CT molecular complexity index is 388. The molecule has 19 heavy (non-hydrogen) atoms. The number of nitrogens with zero attached hydrogens (tertiary/aromatic N) is 1. The smallest absolute Gasteiger partial charge is 0.0373 e. The van der Waals surface area contributed by atoms with Crippen LogP contribution >= 0.6 is 0 Å². The molecule has 2 unspecified atom stereocenters. The minimum absolute atomic E-state index is 0.709. The number of rotatable bonds is 1. The zero-order valence-electron chi connectivity index (χ0n) is 12.1. The number of nitrogens with one attached hydrogen (secondary N) is 1. The first-order valence-corrected chi connectivity index (χ1v) is 7.92. The van der Waals surface area contributed by atoms with Crippen molar-refractivity contribution in [2.24, 2.45) is 0 Å². The largest absolute Gasteiger partial charge is 0.383 e. The van der Waals surface area contributed by atoms with Gasteiger partial charge in [0.15, 0.2) is 0 Å². The molecule has 1 fully saturated rings. The summed E-state index contributed by atoms with van der Waals surface area (Å²) in [6.45, 7) is 4.83. The fraction of sp³-hybridized carbons (Fsp3) is 0.647. The topological polar surface area (TPSA) is 15.3 Å². The van der Waals surface area contributed by atoms with Gasteiger partial charge in [-0.1, -0.05) is 31.0 Å². The summed E-state index contributed by atoms with van der Waals surface area (Å²) in [5, 5.41) is 3.67. The fourth-order valence-corrected chi connectivity index (χ4v) is 3.69. The molecule has 104 valence electrons. The second-order valence-electron chi connectivity index (χ2n) is 6.17. The third kappa shape index (κ3) is 2.94. The number of para-hydroxylation sites is 1. The maximum absolute atomic E-state index is 3.67. The van der Waals surface area contributed by atoms with Gasteiger partial charge >= 0.3 is 0 Å². The lowest BCUT2D eigenvalue weighted by Crippen LogP contribution is -2.44. The normalized spacial score (nSPS) is 28.9. The molecule has 0 spiro atoms. The van der Waals surface area contributed by atoms with Crippen molar-refractivity contribution in [3.05, 3.63) is 29.8 Å². The van der Waals surface area contributed by atoms with Crippen LogP contribution in [0, 0.1) is 0 Å². The Morgan fingerprint density at radius 1 is 1.11 bits per heavy atom. The van der Waals surface area contributed by atoms with Crippen LogP contribution in [0.15, 0.2) is 24.3 Å². The lowest BCUT2D eigenvalue weighted by atomic mass is 10.0. The van der Waals surface area contributed by atoms with Crippen LogP contribution < -0.4 is 5.32 Å². The molecule has 1 saturated heterocycles. The summed E-state index contributed by atoms with van der Waals surface area (Å²) in [6.07, 6.45) is 8.11. The molecule has 0 aromatic heterocycles. The predicted octanol–water partition coefficient (Wildman–Crippen LogP) is 3.68. The van der Waals surface area contributed by atoms with Crippen LogP contribution in [0.5, 0.6) is 0 Å². The Morgan fingerprint density at radius 2 is 2.00 bits per heavy atom. The van der Waals surface area contributed by atoms with E-state index in [9.17, 15) is 0 Å². The molecule has 0 bridgehead atoms. The molecule has 0 saturated carbocycles. The van der Waals surface area contributed by atoms with Gasteiger partial charge in [0.25, 0.3) is 0 Å². The van der Waals surface area contributed by atoms with Crippen molar-refractivity contribution in [3.63, 3.8) is 0 Å². The van der Waals surface area contributed by atoms with Crippen LogP contribution in [0.4, 0.5) is 5.69 Å². The lowest BCUT2D eigenvalue weighted by molar-refractivity contribution is 0.147. The third-order valence-electron chi connectivity index (χ3n) is 4.87. The average Bonchev–Trinajstić information content (AvgIpc) is 2.77. The summed E-state index contributed by atoms with van der Waals surface area (Å²) < 4.78 is 0. The number of anilines is 1. The number of hydrogen-bond donors (Lipinski definition) is 1. The Labute approximate surface area is 117 Å². The van der Waals surface area contributed by atoms with E-state index in [4.69, 9.17) is 0 Å². The first kappa shape index (κ1) is 13.0. The Morgan fingerprint density at radius 3 is 2.95 bits per heavy atom. The van der Waals surface area contributed by atoms with Gasteiger partial charge in [0, 0.05) is 24.3 Å². The summed E-state index contributed by atoms with van der Waals surface area (Å²) in [4.78, 5) is 2.77. The van der Waals surface area contributed by atoms with Gasteiger partial charge < -0.3 is 5.32 Å². The highest BCUT2D eigenvalue weighted by Gasteiger charge is 2.26. The van der Waals surface area contributed by atoms with E-state index in [0.29, 0.717) is 6.04 Å². The zero-order valence-corrected chi connectivity index (χ0v) is 12.1. The molecule has 3 rings (SSSR count). The van der Waals surface area contributed by atoms with Crippen LogP contribution in [0.3, 0.4) is 0 Å². The van der Waals surface area contributed by atoms with Crippen LogP contribution in [0.1, 0.15) is 44.6 Å². The van der Waals surface area contributed by atoms with E-state index in [2.05, 4.69) is 41.4 Å². The Kier molecular flexibility index (Phi) is 4.07. The molecule has 2 heterocycles. The molecule has 0 aliphatic carbocycles. The molecule has 0 radical (unpaired) electrons. The Hall–Kier alpha value is -1.02. The van der Waals surface area contributed by atoms with Crippen LogP contribution in [0.25, 0.3) is 0 Å². The van der Waals surface area contributed by atoms with Crippen LogP contribution in [-0.2, 0) is 6.42 Å². The third-order valence-corrected chi connectivity index (χ3v) is 4.87. The number of benzene rings is 1. The van der Waals surface area contributed by atoms with Crippen molar-refractivity contribution in [2.45, 2.75) is 57.5 Å². The summed E-state index contributed by atoms with van der Waals surface area (Å²) >= 11 is 0. The van der Waals surface area contributed by atoms with Gasteiger partial charge in [-0.3, -0.25) is 4.90 Å². The Balaban J connectivity index is 1.70. The molecule has 0 amide bonds. The van der Waals surface area contributed by atoms with Crippen molar-refractivity contribution < 1.29 is 0 Å². The average molecular weight is 258 g/mol. The first-order valence-electron chi connectivity index (χ1n) is 7.92. The zero-order chi connectivity index (χ0) is 13.1. The minimum Gasteiger partial charge on any atom is -0.383 e. The van der Waals surface area contributed by atoms with E-state index >= 15 is 0 Å². The molecule has 1 aromatic rings. The van der Waals surface area contributed by atoms with E-state index < -0.39 is 0 Å². The number of hydrogen-bond acceptors (Lipinski definition) is 2. The summed E-state index contributed by atoms with van der Waals surface area (Å²) in [7, 11) is 0. The number of aryl methyl sites for hydroxylation is 1. The lowest BCUT2D eigenvalue weighted by Gasteiger charge is -2.34. The van der Waals surface area contributed by atoms with E-state index in [1.807, 2.05) is 0 Å². The molecule has 1 aromatic carbocycles. The van der Waals surface area contributed by atoms with Crippen molar-refractivity contribution in [3.8, 4) is 0 Å². The monoisotopic (exact) mass is 258 g/mol. The summed E-state index contributed by atoms with van der Waals surface area (Å²) in [5.41, 5.74) is 2.85. The van der Waals surface area contributed by atoms with E-state index in [-0.39, 0.29) is 0 Å². The van der Waals surface area contributed by atoms with Gasteiger partial charge in [-0.15, -0.1) is 0 Å². The molecule has 2 heteroatoms. The maximum Gasteiger partial charge on any atom is 0.0373 e. The SMILES string of the molecule is CC1CCCCCN1C1CCc2ccccc2NC1. The molecule has 2 atom stereocenters. The van der Waals surface area contributed by atoms with Crippen molar-refractivity contribution in [1.29, 1.82) is 0 Å². The minimum atomic E-state index is 0.709. The number of fused-ring (bicyclic) bond motifs is 1. The van der Waals surface area contributed by atoms with E-state index in [1.54, 1.807) is 0 Å². The first-order chi connectivity index (χ1) is 9.34. The second kappa shape index (κ2) is 5.96. The highest BCUT2D eigenvalue weighted by atomic mass is 15.2. The second-order valence-corrected chi connectivity index (χ2v) is 6.17. The van der Waals surface area contributed by atoms with Crippen molar-refractivity contribution in [2.75, 3.05) is 18.4 Å². The molecule has 2 nitrogen and oxygen atoms in total. The van der Waals surface area contributed by atoms with Crippen molar-refractivity contribution in [1.82, 2.24) is 4.90 Å². The highest BCUT2D eigenvalue weighted by Crippen LogP contribution is 2.26. The molecule has 1 N–H and O–H groups in total. The van der Waals surface area contributed by atoms with Gasteiger partial charge in [0.1, 0.15) is 0 Å².